The molecule has 0 saturated carbocycles. The molecule has 1 rings (SSSR count). The fourth-order valence-corrected chi connectivity index (χ4v) is 1.80. The summed E-state index contributed by atoms with van der Waals surface area (Å²) < 4.78 is 0. The first kappa shape index (κ1) is 13.9. The Morgan fingerprint density at radius 2 is 1.76 bits per heavy atom. The number of carboxylic acids is 1. The number of rotatable bonds is 4. The molecule has 1 aliphatic rings. The lowest BCUT2D eigenvalue weighted by Gasteiger charge is -2.36. The summed E-state index contributed by atoms with van der Waals surface area (Å²) in [7, 11) is 3.48. The highest BCUT2D eigenvalue weighted by Gasteiger charge is 2.25. The van der Waals surface area contributed by atoms with E-state index in [-0.39, 0.29) is 5.91 Å². The van der Waals surface area contributed by atoms with Crippen LogP contribution in [0.3, 0.4) is 0 Å². The first-order chi connectivity index (χ1) is 7.91. The number of carbonyl (C=O) groups excluding carboxylic acids is 1. The molecule has 6 heteroatoms. The molecule has 1 unspecified atom stereocenters. The topological polar surface area (TPSA) is 64.1 Å². The second-order valence-corrected chi connectivity index (χ2v) is 4.61. The predicted molar refractivity (Wildman–Crippen MR) is 63.8 cm³/mol. The Labute approximate surface area is 102 Å². The molecule has 1 atom stereocenters. The predicted octanol–water partition coefficient (Wildman–Crippen LogP) is -0.835. The molecule has 1 saturated heterocycles. The lowest BCUT2D eigenvalue weighted by atomic mass is 10.2. The molecule has 1 heterocycles. The minimum Gasteiger partial charge on any atom is -0.480 e. The Bertz CT molecular complexity index is 286. The molecule has 98 valence electrons. The Morgan fingerprint density at radius 3 is 2.18 bits per heavy atom. The van der Waals surface area contributed by atoms with Crippen molar-refractivity contribution in [2.45, 2.75) is 13.0 Å². The van der Waals surface area contributed by atoms with Crippen molar-refractivity contribution in [1.82, 2.24) is 14.7 Å². The summed E-state index contributed by atoms with van der Waals surface area (Å²) in [6, 6.07) is -0.443. The average Bonchev–Trinajstić information content (AvgIpc) is 2.28. The summed E-state index contributed by atoms with van der Waals surface area (Å²) in [5, 5.41) is 8.90. The quantitative estimate of drug-likeness (QED) is 0.698. The van der Waals surface area contributed by atoms with Gasteiger partial charge in [0, 0.05) is 40.3 Å². The van der Waals surface area contributed by atoms with Gasteiger partial charge in [0.25, 0.3) is 0 Å². The summed E-state index contributed by atoms with van der Waals surface area (Å²) in [5.74, 6) is -0.701. The van der Waals surface area contributed by atoms with Gasteiger partial charge in [-0.05, 0) is 6.92 Å². The van der Waals surface area contributed by atoms with E-state index in [1.807, 2.05) is 4.90 Å². The zero-order valence-electron chi connectivity index (χ0n) is 10.7. The zero-order chi connectivity index (χ0) is 13.0. The number of carboxylic acid groups (broad SMARTS) is 1. The van der Waals surface area contributed by atoms with Crippen LogP contribution in [0.25, 0.3) is 0 Å². The van der Waals surface area contributed by atoms with Gasteiger partial charge in [0.2, 0.25) is 5.91 Å². The Kier molecular flexibility index (Phi) is 4.89. The highest BCUT2D eigenvalue weighted by atomic mass is 16.4. The van der Waals surface area contributed by atoms with Crippen molar-refractivity contribution in [3.05, 3.63) is 0 Å². The summed E-state index contributed by atoms with van der Waals surface area (Å²) in [6.45, 7) is 5.02. The van der Waals surface area contributed by atoms with E-state index in [9.17, 15) is 9.59 Å². The molecule has 0 radical (unpaired) electrons. The van der Waals surface area contributed by atoms with Gasteiger partial charge in [-0.1, -0.05) is 0 Å². The van der Waals surface area contributed by atoms with Crippen LogP contribution in [0.2, 0.25) is 0 Å². The van der Waals surface area contributed by atoms with Crippen molar-refractivity contribution < 1.29 is 14.7 Å². The molecule has 1 aliphatic heterocycles. The van der Waals surface area contributed by atoms with Gasteiger partial charge in [0.1, 0.15) is 6.04 Å². The van der Waals surface area contributed by atoms with Gasteiger partial charge >= 0.3 is 5.97 Å². The van der Waals surface area contributed by atoms with Crippen LogP contribution in [0.4, 0.5) is 0 Å². The van der Waals surface area contributed by atoms with E-state index in [4.69, 9.17) is 5.11 Å². The summed E-state index contributed by atoms with van der Waals surface area (Å²) >= 11 is 0. The van der Waals surface area contributed by atoms with Crippen LogP contribution in [-0.4, -0.2) is 84.5 Å². The van der Waals surface area contributed by atoms with Crippen molar-refractivity contribution in [2.24, 2.45) is 0 Å². The third kappa shape index (κ3) is 3.98. The first-order valence-electron chi connectivity index (χ1n) is 5.81. The van der Waals surface area contributed by atoms with Crippen LogP contribution >= 0.6 is 0 Å². The van der Waals surface area contributed by atoms with E-state index in [0.29, 0.717) is 19.6 Å². The highest BCUT2D eigenvalue weighted by molar-refractivity contribution is 5.77. The lowest BCUT2D eigenvalue weighted by Crippen LogP contribution is -2.53. The zero-order valence-corrected chi connectivity index (χ0v) is 10.7. The molecule has 0 bridgehead atoms. The molecule has 0 aliphatic carbocycles. The number of hydrogen-bond donors (Lipinski definition) is 1. The molecular formula is C11H21N3O3. The molecule has 1 N–H and O–H groups in total. The maximum atomic E-state index is 11.5. The molecule has 6 nitrogen and oxygen atoms in total. The van der Waals surface area contributed by atoms with Crippen LogP contribution in [0.5, 0.6) is 0 Å². The standard InChI is InChI=1S/C11H21N3O3/c1-9(11(16)17)14-6-4-13(5-7-14)8-10(15)12(2)3/h9H,4-8H2,1-3H3,(H,16,17). The fourth-order valence-electron chi connectivity index (χ4n) is 1.80. The number of piperazine rings is 1. The molecule has 0 aromatic carbocycles. The van der Waals surface area contributed by atoms with Gasteiger partial charge in [-0.2, -0.15) is 0 Å². The SMILES string of the molecule is CC(C(=O)O)N1CCN(CC(=O)N(C)C)CC1. The highest BCUT2D eigenvalue weighted by Crippen LogP contribution is 2.06. The molecule has 0 aromatic rings. The number of aliphatic carboxylic acids is 1. The van der Waals surface area contributed by atoms with E-state index in [1.165, 1.54) is 0 Å². The summed E-state index contributed by atoms with van der Waals surface area (Å²) in [6.07, 6.45) is 0. The maximum Gasteiger partial charge on any atom is 0.320 e. The normalized spacial score (nSPS) is 19.9. The van der Waals surface area contributed by atoms with Crippen LogP contribution < -0.4 is 0 Å². The maximum absolute atomic E-state index is 11.5. The molecule has 0 spiro atoms. The van der Waals surface area contributed by atoms with E-state index in [0.717, 1.165) is 13.1 Å². The lowest BCUT2D eigenvalue weighted by molar-refractivity contribution is -0.143. The smallest absolute Gasteiger partial charge is 0.320 e. The van der Waals surface area contributed by atoms with Crippen molar-refractivity contribution in [1.29, 1.82) is 0 Å². The summed E-state index contributed by atoms with van der Waals surface area (Å²) in [4.78, 5) is 27.9. The van der Waals surface area contributed by atoms with Crippen LogP contribution in [-0.2, 0) is 9.59 Å². The Balaban J connectivity index is 2.36. The van der Waals surface area contributed by atoms with Crippen molar-refractivity contribution in [3.63, 3.8) is 0 Å². The number of carbonyl (C=O) groups is 2. The van der Waals surface area contributed by atoms with Gasteiger partial charge in [-0.3, -0.25) is 19.4 Å². The largest absolute Gasteiger partial charge is 0.480 e. The van der Waals surface area contributed by atoms with Gasteiger partial charge in [0.15, 0.2) is 0 Å². The minimum absolute atomic E-state index is 0.0877. The van der Waals surface area contributed by atoms with Crippen molar-refractivity contribution in [2.75, 3.05) is 46.8 Å². The van der Waals surface area contributed by atoms with Gasteiger partial charge in [0.05, 0.1) is 6.54 Å². The minimum atomic E-state index is -0.789. The number of hydrogen-bond acceptors (Lipinski definition) is 4. The number of amides is 1. The number of nitrogens with zero attached hydrogens (tertiary/aromatic N) is 3. The second-order valence-electron chi connectivity index (χ2n) is 4.61. The van der Waals surface area contributed by atoms with Crippen molar-refractivity contribution in [3.8, 4) is 0 Å². The van der Waals surface area contributed by atoms with Gasteiger partial charge < -0.3 is 10.0 Å². The fraction of sp³-hybridized carbons (Fsp3) is 0.818. The van der Waals surface area contributed by atoms with Gasteiger partial charge in [-0.25, -0.2) is 0 Å². The average molecular weight is 243 g/mol. The molecule has 0 aromatic heterocycles. The van der Waals surface area contributed by atoms with Crippen LogP contribution in [0, 0.1) is 0 Å². The van der Waals surface area contributed by atoms with Crippen LogP contribution in [0.15, 0.2) is 0 Å². The molecule has 1 fully saturated rings. The molecule has 17 heavy (non-hydrogen) atoms. The van der Waals surface area contributed by atoms with E-state index in [2.05, 4.69) is 4.90 Å². The molecular weight excluding hydrogens is 222 g/mol. The molecule has 1 amide bonds. The van der Waals surface area contributed by atoms with E-state index >= 15 is 0 Å². The van der Waals surface area contributed by atoms with Crippen molar-refractivity contribution >= 4 is 11.9 Å². The Morgan fingerprint density at radius 1 is 1.24 bits per heavy atom. The first-order valence-corrected chi connectivity index (χ1v) is 5.81. The Hall–Kier alpha value is -1.14. The third-order valence-electron chi connectivity index (χ3n) is 3.17. The monoisotopic (exact) mass is 243 g/mol. The number of likely N-dealkylation sites (N-methyl/N-ethyl adjacent to an activating group) is 1. The van der Waals surface area contributed by atoms with E-state index < -0.39 is 12.0 Å². The van der Waals surface area contributed by atoms with E-state index in [1.54, 1.807) is 25.9 Å². The van der Waals surface area contributed by atoms with Crippen LogP contribution in [0.1, 0.15) is 6.92 Å². The second kappa shape index (κ2) is 5.97. The van der Waals surface area contributed by atoms with Gasteiger partial charge in [-0.15, -0.1) is 0 Å². The summed E-state index contributed by atoms with van der Waals surface area (Å²) in [5.41, 5.74) is 0. The third-order valence-corrected chi connectivity index (χ3v) is 3.17.